The zero-order chi connectivity index (χ0) is 18.5. The van der Waals surface area contributed by atoms with E-state index in [1.165, 1.54) is 10.8 Å². The third kappa shape index (κ3) is 4.14. The number of ether oxygens (including phenoxy) is 1. The lowest BCUT2D eigenvalue weighted by Crippen LogP contribution is -2.33. The molecule has 0 radical (unpaired) electrons. The Bertz CT molecular complexity index is 903. The lowest BCUT2D eigenvalue weighted by Gasteiger charge is -2.14. The molecule has 0 aromatic carbocycles. The number of aromatic nitrogens is 3. The molecule has 0 saturated carbocycles. The minimum Gasteiger partial charge on any atom is -0.394 e. The van der Waals surface area contributed by atoms with Crippen LogP contribution in [0.15, 0.2) is 40.3 Å². The summed E-state index contributed by atoms with van der Waals surface area (Å²) in [7, 11) is 0. The van der Waals surface area contributed by atoms with Crippen LogP contribution in [0.3, 0.4) is 0 Å². The summed E-state index contributed by atoms with van der Waals surface area (Å²) in [5.74, 6) is 5.73. The highest BCUT2D eigenvalue weighted by molar-refractivity contribution is 5.29. The number of aliphatic hydroxyl groups excluding tert-OH is 2. The molecule has 2 aromatic rings. The van der Waals surface area contributed by atoms with Gasteiger partial charge in [0, 0.05) is 38.0 Å². The maximum atomic E-state index is 12.0. The molecule has 3 rings (SSSR count). The van der Waals surface area contributed by atoms with Crippen LogP contribution in [0.2, 0.25) is 0 Å². The number of aromatic amines is 1. The minimum atomic E-state index is -0.868. The molecular formula is C18H21N3O5. The van der Waals surface area contributed by atoms with Crippen LogP contribution in [0.25, 0.3) is 0 Å². The fourth-order valence-electron chi connectivity index (χ4n) is 2.87. The van der Waals surface area contributed by atoms with Gasteiger partial charge in [-0.1, -0.05) is 11.8 Å². The van der Waals surface area contributed by atoms with Crippen LogP contribution in [-0.4, -0.2) is 43.1 Å². The first-order chi connectivity index (χ1) is 12.6. The smallest absolute Gasteiger partial charge is 0.330 e. The highest BCUT2D eigenvalue weighted by Gasteiger charge is 2.35. The molecule has 0 bridgehead atoms. The molecule has 0 amide bonds. The number of H-pyrrole nitrogens is 1. The van der Waals surface area contributed by atoms with E-state index in [-0.39, 0.29) is 18.6 Å². The molecule has 3 atom stereocenters. The molecule has 3 heterocycles. The van der Waals surface area contributed by atoms with E-state index in [9.17, 15) is 14.7 Å². The molecule has 8 nitrogen and oxygen atoms in total. The van der Waals surface area contributed by atoms with Crippen LogP contribution in [0.4, 0.5) is 0 Å². The van der Waals surface area contributed by atoms with Gasteiger partial charge in [0.25, 0.3) is 5.56 Å². The standard InChI is InChI=1S/C18H21N3O5/c22-12-15-14(23)10-16(26-15)21-11-13(17(24)19-18(21)25)6-2-1-3-7-20-8-4-5-9-20/h4-5,8-9,11,14-16,22-23H,1,3,7,10,12H2,(H,19,24,25)/t14-,15+,16+/m0/s1. The normalized spacial score (nSPS) is 22.2. The van der Waals surface area contributed by atoms with Gasteiger partial charge >= 0.3 is 5.69 Å². The van der Waals surface area contributed by atoms with E-state index in [0.29, 0.717) is 6.42 Å². The van der Waals surface area contributed by atoms with Crippen molar-refractivity contribution in [2.75, 3.05) is 6.61 Å². The summed E-state index contributed by atoms with van der Waals surface area (Å²) in [6.07, 6.45) is 4.54. The Morgan fingerprint density at radius 2 is 2.08 bits per heavy atom. The van der Waals surface area contributed by atoms with Crippen molar-refractivity contribution in [3.05, 3.63) is 57.1 Å². The Morgan fingerprint density at radius 1 is 1.31 bits per heavy atom. The Labute approximate surface area is 149 Å². The predicted octanol–water partition coefficient (Wildman–Crippen LogP) is -0.189. The second kappa shape index (κ2) is 8.19. The van der Waals surface area contributed by atoms with Crippen molar-refractivity contribution in [3.8, 4) is 11.8 Å². The number of hydrogen-bond acceptors (Lipinski definition) is 5. The van der Waals surface area contributed by atoms with Gasteiger partial charge in [0.2, 0.25) is 0 Å². The molecular weight excluding hydrogens is 338 g/mol. The zero-order valence-corrected chi connectivity index (χ0v) is 14.2. The molecule has 0 spiro atoms. The van der Waals surface area contributed by atoms with Gasteiger partial charge in [-0.3, -0.25) is 14.3 Å². The highest BCUT2D eigenvalue weighted by atomic mass is 16.5. The monoisotopic (exact) mass is 359 g/mol. The summed E-state index contributed by atoms with van der Waals surface area (Å²) < 4.78 is 8.71. The van der Waals surface area contributed by atoms with Gasteiger partial charge in [-0.2, -0.15) is 0 Å². The van der Waals surface area contributed by atoms with Crippen LogP contribution < -0.4 is 11.2 Å². The largest absolute Gasteiger partial charge is 0.394 e. The SMILES string of the molecule is O=c1[nH]c(=O)n([C@H]2C[C@H](O)[C@@H](CO)O2)cc1C#CCCCn1cccc1. The fourth-order valence-corrected chi connectivity index (χ4v) is 2.87. The van der Waals surface area contributed by atoms with E-state index in [2.05, 4.69) is 21.4 Å². The van der Waals surface area contributed by atoms with Crippen LogP contribution in [0, 0.1) is 11.8 Å². The van der Waals surface area contributed by atoms with Crippen LogP contribution in [-0.2, 0) is 11.3 Å². The first kappa shape index (κ1) is 18.2. The molecule has 26 heavy (non-hydrogen) atoms. The molecule has 1 aliphatic heterocycles. The van der Waals surface area contributed by atoms with Crippen molar-refractivity contribution < 1.29 is 14.9 Å². The van der Waals surface area contributed by atoms with E-state index in [1.54, 1.807) is 0 Å². The number of unbranched alkanes of at least 4 members (excludes halogenated alkanes) is 1. The molecule has 8 heteroatoms. The van der Waals surface area contributed by atoms with E-state index >= 15 is 0 Å². The average Bonchev–Trinajstić information content (AvgIpc) is 3.25. The van der Waals surface area contributed by atoms with Crippen molar-refractivity contribution in [2.45, 2.75) is 44.2 Å². The first-order valence-corrected chi connectivity index (χ1v) is 8.48. The molecule has 138 valence electrons. The number of aliphatic hydroxyl groups is 2. The minimum absolute atomic E-state index is 0.154. The summed E-state index contributed by atoms with van der Waals surface area (Å²) in [4.78, 5) is 26.2. The van der Waals surface area contributed by atoms with Gasteiger partial charge in [-0.25, -0.2) is 4.79 Å². The maximum Gasteiger partial charge on any atom is 0.330 e. The Hall–Kier alpha value is -2.60. The number of nitrogens with zero attached hydrogens (tertiary/aromatic N) is 2. The van der Waals surface area contributed by atoms with Gasteiger partial charge in [0.15, 0.2) is 0 Å². The van der Waals surface area contributed by atoms with Crippen LogP contribution in [0.5, 0.6) is 0 Å². The van der Waals surface area contributed by atoms with E-state index in [4.69, 9.17) is 9.84 Å². The summed E-state index contributed by atoms with van der Waals surface area (Å²) in [5, 5.41) is 19.0. The Balaban J connectivity index is 1.69. The molecule has 3 N–H and O–H groups in total. The predicted molar refractivity (Wildman–Crippen MR) is 93.5 cm³/mol. The van der Waals surface area contributed by atoms with Crippen molar-refractivity contribution in [1.82, 2.24) is 14.1 Å². The third-order valence-electron chi connectivity index (χ3n) is 4.27. The Morgan fingerprint density at radius 3 is 2.77 bits per heavy atom. The molecule has 2 aromatic heterocycles. The maximum absolute atomic E-state index is 12.0. The summed E-state index contributed by atoms with van der Waals surface area (Å²) in [6.45, 7) is 0.498. The number of rotatable bonds is 5. The molecule has 1 saturated heterocycles. The number of hydrogen-bond donors (Lipinski definition) is 3. The molecule has 1 aliphatic rings. The van der Waals surface area contributed by atoms with Gasteiger partial charge in [-0.15, -0.1) is 0 Å². The van der Waals surface area contributed by atoms with Crippen molar-refractivity contribution >= 4 is 0 Å². The summed E-state index contributed by atoms with van der Waals surface area (Å²) >= 11 is 0. The van der Waals surface area contributed by atoms with Crippen molar-refractivity contribution in [1.29, 1.82) is 0 Å². The first-order valence-electron chi connectivity index (χ1n) is 8.48. The van der Waals surface area contributed by atoms with Gasteiger partial charge in [0.1, 0.15) is 17.9 Å². The second-order valence-corrected chi connectivity index (χ2v) is 6.15. The zero-order valence-electron chi connectivity index (χ0n) is 14.2. The molecule has 0 aliphatic carbocycles. The summed E-state index contributed by atoms with van der Waals surface area (Å²) in [6, 6.07) is 3.91. The number of nitrogens with one attached hydrogen (secondary N) is 1. The van der Waals surface area contributed by atoms with E-state index in [1.807, 2.05) is 24.5 Å². The van der Waals surface area contributed by atoms with Gasteiger partial charge in [-0.05, 0) is 18.6 Å². The third-order valence-corrected chi connectivity index (χ3v) is 4.27. The lowest BCUT2D eigenvalue weighted by atomic mass is 10.2. The van der Waals surface area contributed by atoms with Gasteiger partial charge < -0.3 is 19.5 Å². The lowest BCUT2D eigenvalue weighted by molar-refractivity contribution is -0.0459. The highest BCUT2D eigenvalue weighted by Crippen LogP contribution is 2.27. The van der Waals surface area contributed by atoms with Crippen LogP contribution >= 0.6 is 0 Å². The topological polar surface area (TPSA) is 109 Å². The Kier molecular flexibility index (Phi) is 5.73. The second-order valence-electron chi connectivity index (χ2n) is 6.15. The average molecular weight is 359 g/mol. The number of aryl methyl sites for hydroxylation is 1. The van der Waals surface area contributed by atoms with E-state index in [0.717, 1.165) is 13.0 Å². The van der Waals surface area contributed by atoms with Crippen LogP contribution in [0.1, 0.15) is 31.1 Å². The summed E-state index contributed by atoms with van der Waals surface area (Å²) in [5.41, 5.74) is -1.03. The fraction of sp³-hybridized carbons (Fsp3) is 0.444. The molecule has 1 fully saturated rings. The quantitative estimate of drug-likeness (QED) is 0.506. The van der Waals surface area contributed by atoms with Gasteiger partial charge in [0.05, 0.1) is 12.7 Å². The molecule has 0 unspecified atom stereocenters. The van der Waals surface area contributed by atoms with E-state index < -0.39 is 29.7 Å². The van der Waals surface area contributed by atoms with Crippen molar-refractivity contribution in [2.24, 2.45) is 0 Å². The van der Waals surface area contributed by atoms with Crippen molar-refractivity contribution in [3.63, 3.8) is 0 Å².